The van der Waals surface area contributed by atoms with Crippen LogP contribution in [0.4, 0.5) is 4.79 Å². The highest BCUT2D eigenvalue weighted by Gasteiger charge is 2.45. The highest BCUT2D eigenvalue weighted by atomic mass is 32.2. The molecule has 12 N–H and O–H groups in total. The fraction of sp³-hybridized carbons (Fsp3) is 0.640. The Morgan fingerprint density at radius 1 is 0.878 bits per heavy atom. The minimum atomic E-state index is -1.46. The number of benzene rings is 1. The number of aliphatic hydroxyl groups is 1. The number of unbranched alkanes of at least 4 members (excludes halogenated alkanes) is 3. The van der Waals surface area contributed by atoms with Crippen molar-refractivity contribution in [2.24, 2.45) is 41.1 Å². The molecule has 74 heavy (non-hydrogen) atoms. The first-order valence-corrected chi connectivity index (χ1v) is 26.4. The van der Waals surface area contributed by atoms with Crippen LogP contribution < -0.4 is 48.1 Å². The molecule has 24 heteroatoms. The number of rotatable bonds is 15. The number of aliphatic hydroxyl groups excluding tert-OH is 1. The fourth-order valence-electron chi connectivity index (χ4n) is 9.40. The summed E-state index contributed by atoms with van der Waals surface area (Å²) in [7, 11) is 1.48. The van der Waals surface area contributed by atoms with E-state index in [-0.39, 0.29) is 31.7 Å². The predicted molar refractivity (Wildman–Crippen MR) is 272 cm³/mol. The number of Topliss-reactive ketones (excluding diaryl/α,β-unsaturated/α-hetero) is 2. The second-order valence-corrected chi connectivity index (χ2v) is 20.7. The van der Waals surface area contributed by atoms with Crippen LogP contribution in [0, 0.1) is 29.6 Å². The van der Waals surface area contributed by atoms with Crippen molar-refractivity contribution in [2.45, 2.75) is 127 Å². The number of thioether (sulfide) groups is 1. The second kappa shape index (κ2) is 27.9. The second-order valence-electron chi connectivity index (χ2n) is 19.7. The van der Waals surface area contributed by atoms with E-state index in [1.54, 1.807) is 45.9 Å². The summed E-state index contributed by atoms with van der Waals surface area (Å²) in [5.41, 5.74) is 12.3. The Bertz CT molecular complexity index is 2380. The molecule has 1 aromatic heterocycles. The van der Waals surface area contributed by atoms with Gasteiger partial charge in [0.2, 0.25) is 41.4 Å². The average molecular weight is 1060 g/mol. The maximum atomic E-state index is 15.1. The van der Waals surface area contributed by atoms with E-state index in [9.17, 15) is 48.3 Å². The molecule has 0 spiro atoms. The van der Waals surface area contributed by atoms with E-state index in [0.29, 0.717) is 53.2 Å². The predicted octanol–water partition coefficient (Wildman–Crippen LogP) is 0.0767. The van der Waals surface area contributed by atoms with Gasteiger partial charge in [0.25, 0.3) is 0 Å². The van der Waals surface area contributed by atoms with Gasteiger partial charge in [-0.15, -0.1) is 11.8 Å². The van der Waals surface area contributed by atoms with Gasteiger partial charge in [-0.05, 0) is 61.3 Å². The molecule has 3 aliphatic heterocycles. The molecule has 8 amide bonds. The Morgan fingerprint density at radius 3 is 2.27 bits per heavy atom. The Balaban J connectivity index is 1.64. The van der Waals surface area contributed by atoms with Crippen LogP contribution >= 0.6 is 11.8 Å². The fourth-order valence-corrected chi connectivity index (χ4v) is 10.6. The lowest BCUT2D eigenvalue weighted by molar-refractivity contribution is -0.145. The van der Waals surface area contributed by atoms with E-state index in [1.165, 1.54) is 7.11 Å². The normalized spacial score (nSPS) is 25.3. The van der Waals surface area contributed by atoms with E-state index in [2.05, 4.69) is 36.9 Å². The van der Waals surface area contributed by atoms with E-state index < -0.39 is 151 Å². The third-order valence-corrected chi connectivity index (χ3v) is 15.3. The SMILES string of the molecule is CC[C@H](C)[C@@H]1NC(=O)CNC(=O)[C@H]2CC(=O)[C@@H]([C@@H](C)[C@@H](C)COC(=O)NCCCCCCN)NC(=O)C3C[C@@H](O)CN3C(=O)[C@H](CC(N)=O)CC(=O)[C@H](CSc3[nH]c4cc(OC)ccc4c3C2)NC(=O)CNC1=O. The Labute approximate surface area is 434 Å². The number of aromatic amines is 1. The van der Waals surface area contributed by atoms with Crippen LogP contribution in [0.3, 0.4) is 0 Å². The van der Waals surface area contributed by atoms with Gasteiger partial charge >= 0.3 is 6.09 Å². The number of alkyl carbamates (subject to hydrolysis) is 1. The number of aromatic nitrogens is 1. The van der Waals surface area contributed by atoms with Gasteiger partial charge in [-0.1, -0.05) is 47.0 Å². The number of hydrogen-bond acceptors (Lipinski definition) is 15. The van der Waals surface area contributed by atoms with Gasteiger partial charge in [0.05, 0.1) is 61.5 Å². The van der Waals surface area contributed by atoms with Gasteiger partial charge in [-0.25, -0.2) is 4.79 Å². The maximum absolute atomic E-state index is 15.1. The lowest BCUT2D eigenvalue weighted by atomic mass is 9.82. The van der Waals surface area contributed by atoms with Crippen LogP contribution in [0.5, 0.6) is 5.75 Å². The molecular formula is C50H74N10O13S. The molecule has 23 nitrogen and oxygen atoms in total. The molecule has 1 aromatic carbocycles. The topological polar surface area (TPSA) is 353 Å². The number of H-pyrrole nitrogens is 1. The first-order valence-electron chi connectivity index (χ1n) is 25.4. The number of fused-ring (bicyclic) bond motifs is 5. The zero-order chi connectivity index (χ0) is 54.2. The Kier molecular flexibility index (Phi) is 22.1. The zero-order valence-electron chi connectivity index (χ0n) is 42.9. The van der Waals surface area contributed by atoms with Crippen molar-refractivity contribution < 1.29 is 62.5 Å². The van der Waals surface area contributed by atoms with E-state index >= 15 is 4.79 Å². The van der Waals surface area contributed by atoms with Crippen molar-refractivity contribution in [2.75, 3.05) is 52.2 Å². The zero-order valence-corrected chi connectivity index (χ0v) is 43.7. The van der Waals surface area contributed by atoms with Crippen LogP contribution in [0.15, 0.2) is 23.2 Å². The number of hydrogen-bond donors (Lipinski definition) is 10. The molecule has 1 saturated heterocycles. The number of nitrogens with one attached hydrogen (secondary N) is 7. The van der Waals surface area contributed by atoms with Gasteiger partial charge in [-0.3, -0.25) is 43.2 Å². The summed E-state index contributed by atoms with van der Waals surface area (Å²) in [6, 6.07) is -0.171. The van der Waals surface area contributed by atoms with Crippen molar-refractivity contribution >= 4 is 81.7 Å². The Hall–Kier alpha value is -6.27. The van der Waals surface area contributed by atoms with Crippen LogP contribution in [-0.2, 0) is 54.3 Å². The number of nitrogens with zero attached hydrogens (tertiary/aromatic N) is 1. The highest BCUT2D eigenvalue weighted by Crippen LogP contribution is 2.36. The van der Waals surface area contributed by atoms with Gasteiger partial charge in [-0.2, -0.15) is 0 Å². The van der Waals surface area contributed by atoms with Gasteiger partial charge in [0.15, 0.2) is 11.6 Å². The molecule has 0 aliphatic carbocycles. The average Bonchev–Trinajstić information content (AvgIpc) is 3.94. The van der Waals surface area contributed by atoms with Crippen LogP contribution in [0.1, 0.15) is 91.0 Å². The van der Waals surface area contributed by atoms with Crippen molar-refractivity contribution in [3.05, 3.63) is 23.8 Å². The molecule has 0 saturated carbocycles. The molecule has 408 valence electrons. The third-order valence-electron chi connectivity index (χ3n) is 14.2. The quantitative estimate of drug-likeness (QED) is 0.106. The van der Waals surface area contributed by atoms with Crippen molar-refractivity contribution in [1.29, 1.82) is 0 Å². The number of ether oxygens (including phenoxy) is 2. The minimum Gasteiger partial charge on any atom is -0.497 e. The minimum absolute atomic E-state index is 0.144. The number of ketones is 2. The van der Waals surface area contributed by atoms with Gasteiger partial charge < -0.3 is 67.8 Å². The van der Waals surface area contributed by atoms with Crippen molar-refractivity contribution in [1.82, 2.24) is 41.8 Å². The molecule has 0 radical (unpaired) electrons. The number of nitrogens with two attached hydrogens (primary N) is 2. The summed E-state index contributed by atoms with van der Waals surface area (Å²) in [5, 5.41) is 28.0. The number of carbonyl (C=O) groups is 10. The summed E-state index contributed by atoms with van der Waals surface area (Å²) < 4.78 is 11.0. The monoisotopic (exact) mass is 1050 g/mol. The lowest BCUT2D eigenvalue weighted by Crippen LogP contribution is -2.56. The molecule has 2 aromatic rings. The van der Waals surface area contributed by atoms with Crippen LogP contribution in [-0.4, -0.2) is 156 Å². The van der Waals surface area contributed by atoms with Crippen LogP contribution in [0.2, 0.25) is 0 Å². The molecule has 5 rings (SSSR count). The molecule has 1 fully saturated rings. The third kappa shape index (κ3) is 16.1. The van der Waals surface area contributed by atoms with Crippen LogP contribution in [0.25, 0.3) is 10.9 Å². The summed E-state index contributed by atoms with van der Waals surface area (Å²) in [6.07, 6.45) is -0.395. The maximum Gasteiger partial charge on any atom is 0.407 e. The molecule has 4 heterocycles. The van der Waals surface area contributed by atoms with E-state index in [4.69, 9.17) is 20.9 Å². The molecule has 3 aliphatic rings. The lowest BCUT2D eigenvalue weighted by Gasteiger charge is -2.33. The first-order chi connectivity index (χ1) is 35.2. The van der Waals surface area contributed by atoms with Gasteiger partial charge in [0, 0.05) is 61.9 Å². The summed E-state index contributed by atoms with van der Waals surface area (Å²) in [4.78, 5) is 144. The van der Waals surface area contributed by atoms with E-state index in [0.717, 1.165) is 35.9 Å². The summed E-state index contributed by atoms with van der Waals surface area (Å²) >= 11 is 1.09. The van der Waals surface area contributed by atoms with Crippen molar-refractivity contribution in [3.8, 4) is 5.75 Å². The van der Waals surface area contributed by atoms with E-state index in [1.807, 2.05) is 0 Å². The Morgan fingerprint density at radius 2 is 1.58 bits per heavy atom. The largest absolute Gasteiger partial charge is 0.497 e. The highest BCUT2D eigenvalue weighted by molar-refractivity contribution is 7.99. The number of amides is 8. The first kappa shape index (κ1) is 58.6. The standard InChI is InChI=1S/C50H74N10O13S/c1-6-26(2)43-47(69)55-21-41(65)56-36-25-74-48-34(33-12-11-32(72-5)20-35(33)57-48)15-29(45(67)54-22-42(66)58-43)16-39(63)44(28(4)27(3)24-73-50(71)53-14-10-8-7-9-13-51)59-46(68)37-19-31(61)23-60(37)49(70)30(17-38(36)62)18-40(52)64/h11-12,20,26-31,36-37,43-44,57,61H,6-10,13-19,21-25,51H2,1-5H3,(H2,52,64)(H,53,71)(H,54,67)(H,55,69)(H,56,65)(H,58,66)(H,59,68)/t26-,27-,28-,29+,30-,31+,36-,37?,43-,44+/m0/s1. The summed E-state index contributed by atoms with van der Waals surface area (Å²) in [5.74, 6) is -11.2. The van der Waals surface area contributed by atoms with Crippen molar-refractivity contribution in [3.63, 3.8) is 0 Å². The molecular weight excluding hydrogens is 981 g/mol. The van der Waals surface area contributed by atoms with Gasteiger partial charge in [0.1, 0.15) is 17.8 Å². The molecule has 1 unspecified atom stereocenters. The smallest absolute Gasteiger partial charge is 0.407 e. The molecule has 10 atom stereocenters. The summed E-state index contributed by atoms with van der Waals surface area (Å²) in [6.45, 7) is 6.03. The molecule has 2 bridgehead atoms. The number of primary amides is 1. The number of methoxy groups -OCH3 is 1. The number of carbonyl (C=O) groups excluding carboxylic acids is 10.